The molecule has 0 radical (unpaired) electrons. The van der Waals surface area contributed by atoms with Crippen molar-refractivity contribution in [2.45, 2.75) is 25.0 Å². The van der Waals surface area contributed by atoms with Gasteiger partial charge in [0.2, 0.25) is 0 Å². The molecule has 1 N–H and O–H groups in total. The summed E-state index contributed by atoms with van der Waals surface area (Å²) in [5, 5.41) is 0.957. The maximum atomic E-state index is 2.31. The Labute approximate surface area is 68.2 Å². The Kier molecular flexibility index (Phi) is 3.57. The van der Waals surface area contributed by atoms with Crippen molar-refractivity contribution in [1.82, 2.24) is 0 Å². The molecule has 1 saturated heterocycles. The SMILES string of the molecule is CCSC1CCC[NH+](C)C1. The minimum absolute atomic E-state index is 0.957. The van der Waals surface area contributed by atoms with Gasteiger partial charge in [-0.25, -0.2) is 0 Å². The van der Waals surface area contributed by atoms with E-state index in [1.807, 2.05) is 0 Å². The highest BCUT2D eigenvalue weighted by Gasteiger charge is 2.19. The number of thioether (sulfide) groups is 1. The van der Waals surface area contributed by atoms with Crippen LogP contribution in [0.3, 0.4) is 0 Å². The lowest BCUT2D eigenvalue weighted by molar-refractivity contribution is -0.883. The summed E-state index contributed by atoms with van der Waals surface area (Å²) in [6.45, 7) is 5.04. The normalized spacial score (nSPS) is 34.2. The van der Waals surface area contributed by atoms with Crippen LogP contribution in [-0.2, 0) is 0 Å². The molecule has 1 fully saturated rings. The van der Waals surface area contributed by atoms with Gasteiger partial charge in [0, 0.05) is 0 Å². The minimum Gasteiger partial charge on any atom is -0.336 e. The van der Waals surface area contributed by atoms with E-state index in [4.69, 9.17) is 0 Å². The molecule has 10 heavy (non-hydrogen) atoms. The third kappa shape index (κ3) is 2.51. The maximum absolute atomic E-state index is 2.31. The van der Waals surface area contributed by atoms with Crippen molar-refractivity contribution in [3.63, 3.8) is 0 Å². The van der Waals surface area contributed by atoms with E-state index in [2.05, 4.69) is 25.7 Å². The molecule has 0 amide bonds. The van der Waals surface area contributed by atoms with Crippen molar-refractivity contribution in [2.24, 2.45) is 0 Å². The summed E-state index contributed by atoms with van der Waals surface area (Å²) >= 11 is 2.14. The predicted octanol–water partition coefficient (Wildman–Crippen LogP) is 0.417. The standard InChI is InChI=1S/C8H17NS/c1-3-10-8-5-4-6-9(2)7-8/h8H,3-7H2,1-2H3/p+1. The second kappa shape index (κ2) is 4.24. The van der Waals surface area contributed by atoms with E-state index in [1.54, 1.807) is 4.90 Å². The van der Waals surface area contributed by atoms with Crippen LogP contribution in [0.4, 0.5) is 0 Å². The molecule has 0 bridgehead atoms. The van der Waals surface area contributed by atoms with Crippen molar-refractivity contribution >= 4 is 11.8 Å². The number of nitrogens with one attached hydrogen (secondary N) is 1. The molecule has 0 aromatic rings. The fourth-order valence-corrected chi connectivity index (χ4v) is 2.81. The van der Waals surface area contributed by atoms with Crippen LogP contribution in [0.2, 0.25) is 0 Å². The summed E-state index contributed by atoms with van der Waals surface area (Å²) in [5.74, 6) is 1.29. The van der Waals surface area contributed by atoms with E-state index in [0.717, 1.165) is 5.25 Å². The van der Waals surface area contributed by atoms with Crippen molar-refractivity contribution in [2.75, 3.05) is 25.9 Å². The fourth-order valence-electron chi connectivity index (χ4n) is 1.60. The van der Waals surface area contributed by atoms with Crippen LogP contribution >= 0.6 is 11.8 Å². The van der Waals surface area contributed by atoms with Gasteiger partial charge in [-0.15, -0.1) is 0 Å². The highest BCUT2D eigenvalue weighted by atomic mass is 32.2. The van der Waals surface area contributed by atoms with Crippen LogP contribution in [0, 0.1) is 0 Å². The molecule has 1 rings (SSSR count). The zero-order valence-electron chi connectivity index (χ0n) is 7.02. The molecule has 1 aliphatic heterocycles. The molecule has 0 aromatic carbocycles. The first-order chi connectivity index (χ1) is 4.83. The Morgan fingerprint density at radius 2 is 2.40 bits per heavy atom. The van der Waals surface area contributed by atoms with Crippen LogP contribution in [0.15, 0.2) is 0 Å². The van der Waals surface area contributed by atoms with Crippen LogP contribution in [0.1, 0.15) is 19.8 Å². The third-order valence-corrected chi connectivity index (χ3v) is 3.32. The molecule has 2 unspecified atom stereocenters. The van der Waals surface area contributed by atoms with Gasteiger partial charge in [-0.05, 0) is 18.6 Å². The lowest BCUT2D eigenvalue weighted by atomic mass is 10.1. The second-order valence-corrected chi connectivity index (χ2v) is 4.71. The summed E-state index contributed by atoms with van der Waals surface area (Å²) in [6.07, 6.45) is 2.89. The second-order valence-electron chi connectivity index (χ2n) is 3.13. The lowest BCUT2D eigenvalue weighted by Crippen LogP contribution is -3.11. The maximum Gasteiger partial charge on any atom is 0.0889 e. The average Bonchev–Trinajstić information content (AvgIpc) is 1.88. The van der Waals surface area contributed by atoms with Crippen molar-refractivity contribution in [3.8, 4) is 0 Å². The number of piperidine rings is 1. The van der Waals surface area contributed by atoms with Gasteiger partial charge in [0.1, 0.15) is 0 Å². The summed E-state index contributed by atoms with van der Waals surface area (Å²) in [7, 11) is 2.31. The van der Waals surface area contributed by atoms with E-state index >= 15 is 0 Å². The zero-order valence-corrected chi connectivity index (χ0v) is 7.84. The number of hydrogen-bond acceptors (Lipinski definition) is 1. The summed E-state index contributed by atoms with van der Waals surface area (Å²) in [6, 6.07) is 0. The van der Waals surface area contributed by atoms with Gasteiger partial charge in [-0.3, -0.25) is 0 Å². The first-order valence-corrected chi connectivity index (χ1v) is 5.30. The van der Waals surface area contributed by atoms with Gasteiger partial charge in [-0.2, -0.15) is 11.8 Å². The molecule has 1 aliphatic rings. The van der Waals surface area contributed by atoms with E-state index in [-0.39, 0.29) is 0 Å². The first kappa shape index (κ1) is 8.41. The lowest BCUT2D eigenvalue weighted by Gasteiger charge is -2.25. The van der Waals surface area contributed by atoms with Crippen molar-refractivity contribution < 1.29 is 4.90 Å². The molecular formula is C8H18NS+. The average molecular weight is 160 g/mol. The van der Waals surface area contributed by atoms with Crippen molar-refractivity contribution in [3.05, 3.63) is 0 Å². The molecule has 0 saturated carbocycles. The molecule has 60 valence electrons. The van der Waals surface area contributed by atoms with E-state index in [1.165, 1.54) is 31.7 Å². The highest BCUT2D eigenvalue weighted by Crippen LogP contribution is 2.15. The molecule has 1 heterocycles. The minimum atomic E-state index is 0.957. The monoisotopic (exact) mass is 160 g/mol. The zero-order chi connectivity index (χ0) is 7.40. The first-order valence-electron chi connectivity index (χ1n) is 4.26. The quantitative estimate of drug-likeness (QED) is 0.613. The van der Waals surface area contributed by atoms with E-state index < -0.39 is 0 Å². The summed E-state index contributed by atoms with van der Waals surface area (Å²) in [5.41, 5.74) is 0. The smallest absolute Gasteiger partial charge is 0.0889 e. The van der Waals surface area contributed by atoms with Crippen LogP contribution < -0.4 is 4.90 Å². The highest BCUT2D eigenvalue weighted by molar-refractivity contribution is 7.99. The largest absolute Gasteiger partial charge is 0.336 e. The molecule has 0 spiro atoms. The summed E-state index contributed by atoms with van der Waals surface area (Å²) in [4.78, 5) is 1.72. The molecule has 2 atom stereocenters. The Morgan fingerprint density at radius 3 is 3.00 bits per heavy atom. The third-order valence-electron chi connectivity index (χ3n) is 2.11. The van der Waals surface area contributed by atoms with Gasteiger partial charge in [0.15, 0.2) is 0 Å². The number of rotatable bonds is 2. The fraction of sp³-hybridized carbons (Fsp3) is 1.00. The molecule has 0 aliphatic carbocycles. The van der Waals surface area contributed by atoms with Crippen LogP contribution in [0.25, 0.3) is 0 Å². The van der Waals surface area contributed by atoms with E-state index in [9.17, 15) is 0 Å². The predicted molar refractivity (Wildman–Crippen MR) is 47.8 cm³/mol. The Morgan fingerprint density at radius 1 is 1.60 bits per heavy atom. The molecule has 1 nitrogen and oxygen atoms in total. The number of likely N-dealkylation sites (tertiary alicyclic amines) is 1. The topological polar surface area (TPSA) is 4.44 Å². The Balaban J connectivity index is 2.18. The van der Waals surface area contributed by atoms with Gasteiger partial charge in [0.25, 0.3) is 0 Å². The van der Waals surface area contributed by atoms with Crippen LogP contribution in [0.5, 0.6) is 0 Å². The van der Waals surface area contributed by atoms with Gasteiger partial charge in [0.05, 0.1) is 25.4 Å². The van der Waals surface area contributed by atoms with Gasteiger partial charge >= 0.3 is 0 Å². The number of quaternary nitrogens is 1. The van der Waals surface area contributed by atoms with E-state index in [0.29, 0.717) is 0 Å². The van der Waals surface area contributed by atoms with Crippen molar-refractivity contribution in [1.29, 1.82) is 0 Å². The van der Waals surface area contributed by atoms with Gasteiger partial charge in [-0.1, -0.05) is 6.92 Å². The molecule has 2 heteroatoms. The summed E-state index contributed by atoms with van der Waals surface area (Å²) < 4.78 is 0. The van der Waals surface area contributed by atoms with Crippen LogP contribution in [-0.4, -0.2) is 31.1 Å². The molecule has 0 aromatic heterocycles. The van der Waals surface area contributed by atoms with Gasteiger partial charge < -0.3 is 4.90 Å². The molecular weight excluding hydrogens is 142 g/mol. The number of hydrogen-bond donors (Lipinski definition) is 1. The Bertz CT molecular complexity index is 93.3. The Hall–Kier alpha value is 0.310.